The Morgan fingerprint density at radius 2 is 1.86 bits per heavy atom. The summed E-state index contributed by atoms with van der Waals surface area (Å²) in [6, 6.07) is 5.08. The second kappa shape index (κ2) is 5.27. The number of pyridine rings is 1. The maximum atomic E-state index is 11.8. The van der Waals surface area contributed by atoms with E-state index < -0.39 is 11.9 Å². The van der Waals surface area contributed by atoms with Crippen LogP contribution in [-0.2, 0) is 9.47 Å². The third-order valence-corrected chi connectivity index (χ3v) is 4.51. The molecule has 22 heavy (non-hydrogen) atoms. The molecule has 112 valence electrons. The molecule has 0 aliphatic heterocycles. The molecule has 0 aliphatic rings. The molecule has 7 heteroatoms. The molecule has 1 N–H and O–H groups in total. The van der Waals surface area contributed by atoms with Gasteiger partial charge in [0.25, 0.3) is 0 Å². The van der Waals surface area contributed by atoms with Crippen molar-refractivity contribution in [3.63, 3.8) is 0 Å². The molecule has 0 saturated carbocycles. The van der Waals surface area contributed by atoms with Crippen LogP contribution in [0.3, 0.4) is 0 Å². The number of para-hydroxylation sites is 1. The summed E-state index contributed by atoms with van der Waals surface area (Å²) in [5.41, 5.74) is 0.786. The first-order valence-corrected chi connectivity index (χ1v) is 7.10. The summed E-state index contributed by atoms with van der Waals surface area (Å²) < 4.78 is 10.1. The van der Waals surface area contributed by atoms with E-state index in [1.165, 1.54) is 20.4 Å². The number of rotatable bonds is 2. The van der Waals surface area contributed by atoms with Gasteiger partial charge in [0.05, 0.1) is 30.7 Å². The van der Waals surface area contributed by atoms with Crippen LogP contribution in [0, 0.1) is 0 Å². The highest BCUT2D eigenvalue weighted by atomic mass is 32.1. The standard InChI is InChI=1S/C15H11NO5S/c1-20-14(18)8-5-3-4-7-10(8)16-6-9-11(17)13(15(19)21-2)22-12(7)9/h3-6,17H,1-2H3. The fraction of sp³-hybridized carbons (Fsp3) is 0.133. The van der Waals surface area contributed by atoms with Crippen LogP contribution < -0.4 is 0 Å². The summed E-state index contributed by atoms with van der Waals surface area (Å²) in [7, 11) is 2.55. The lowest BCUT2D eigenvalue weighted by atomic mass is 10.1. The molecule has 0 unspecified atom stereocenters. The van der Waals surface area contributed by atoms with Crippen LogP contribution >= 0.6 is 11.3 Å². The van der Waals surface area contributed by atoms with E-state index in [2.05, 4.69) is 9.72 Å². The third-order valence-electron chi connectivity index (χ3n) is 3.30. The molecular weight excluding hydrogens is 306 g/mol. The Balaban J connectivity index is 2.37. The summed E-state index contributed by atoms with van der Waals surface area (Å²) >= 11 is 1.10. The molecule has 2 aromatic heterocycles. The topological polar surface area (TPSA) is 85.7 Å². The number of ether oxygens (including phenoxy) is 2. The lowest BCUT2D eigenvalue weighted by Crippen LogP contribution is -2.02. The molecule has 0 bridgehead atoms. The zero-order valence-electron chi connectivity index (χ0n) is 11.7. The van der Waals surface area contributed by atoms with Crippen LogP contribution in [0.4, 0.5) is 0 Å². The number of nitrogens with zero attached hydrogens (tertiary/aromatic N) is 1. The highest BCUT2D eigenvalue weighted by Gasteiger charge is 2.21. The molecule has 0 spiro atoms. The highest BCUT2D eigenvalue weighted by Crippen LogP contribution is 2.40. The number of hydrogen-bond donors (Lipinski definition) is 1. The number of methoxy groups -OCH3 is 2. The largest absolute Gasteiger partial charge is 0.505 e. The molecule has 2 heterocycles. The van der Waals surface area contributed by atoms with Crippen molar-refractivity contribution in [2.75, 3.05) is 14.2 Å². The number of hydrogen-bond acceptors (Lipinski definition) is 7. The van der Waals surface area contributed by atoms with Gasteiger partial charge < -0.3 is 14.6 Å². The number of benzene rings is 1. The second-order valence-electron chi connectivity index (χ2n) is 4.47. The summed E-state index contributed by atoms with van der Waals surface area (Å²) in [5.74, 6) is -1.27. The van der Waals surface area contributed by atoms with E-state index in [1.54, 1.807) is 18.2 Å². The lowest BCUT2D eigenvalue weighted by Gasteiger charge is -2.04. The number of carbonyl (C=O) groups is 2. The summed E-state index contributed by atoms with van der Waals surface area (Å²) in [5, 5.41) is 11.3. The Kier molecular flexibility index (Phi) is 3.42. The monoisotopic (exact) mass is 317 g/mol. The third kappa shape index (κ3) is 1.98. The molecule has 0 fully saturated rings. The smallest absolute Gasteiger partial charge is 0.351 e. The Hall–Kier alpha value is -2.67. The number of thiophene rings is 1. The number of carbonyl (C=O) groups excluding carboxylic acids is 2. The molecule has 0 saturated heterocycles. The van der Waals surface area contributed by atoms with Crippen molar-refractivity contribution in [1.29, 1.82) is 0 Å². The van der Waals surface area contributed by atoms with Crippen LogP contribution in [0.1, 0.15) is 20.0 Å². The molecule has 0 atom stereocenters. The van der Waals surface area contributed by atoms with Gasteiger partial charge >= 0.3 is 11.9 Å². The summed E-state index contributed by atoms with van der Waals surface area (Å²) in [6.07, 6.45) is 1.43. The summed E-state index contributed by atoms with van der Waals surface area (Å²) in [6.45, 7) is 0. The minimum atomic E-state index is -0.615. The highest BCUT2D eigenvalue weighted by molar-refractivity contribution is 7.22. The van der Waals surface area contributed by atoms with Gasteiger partial charge in [0, 0.05) is 16.3 Å². The van der Waals surface area contributed by atoms with Gasteiger partial charge in [-0.05, 0) is 6.07 Å². The molecule has 0 radical (unpaired) electrons. The molecule has 3 aromatic rings. The van der Waals surface area contributed by atoms with Crippen molar-refractivity contribution < 1.29 is 24.2 Å². The van der Waals surface area contributed by atoms with Crippen LogP contribution in [-0.4, -0.2) is 36.2 Å². The van der Waals surface area contributed by atoms with E-state index in [4.69, 9.17) is 4.74 Å². The Morgan fingerprint density at radius 3 is 2.55 bits per heavy atom. The zero-order chi connectivity index (χ0) is 15.9. The molecule has 6 nitrogen and oxygen atoms in total. The predicted octanol–water partition coefficient (Wildman–Crippen LogP) is 2.73. The molecule has 3 rings (SSSR count). The minimum absolute atomic E-state index is 0.107. The maximum absolute atomic E-state index is 11.8. The number of fused-ring (bicyclic) bond motifs is 3. The SMILES string of the molecule is COC(=O)c1sc2c(cnc3c(C(=O)OC)cccc32)c1O. The van der Waals surface area contributed by atoms with Gasteiger partial charge in [-0.2, -0.15) is 0 Å². The van der Waals surface area contributed by atoms with Gasteiger partial charge in [-0.15, -0.1) is 11.3 Å². The van der Waals surface area contributed by atoms with Crippen molar-refractivity contribution in [3.8, 4) is 5.75 Å². The van der Waals surface area contributed by atoms with E-state index in [-0.39, 0.29) is 10.6 Å². The van der Waals surface area contributed by atoms with Crippen molar-refractivity contribution in [2.45, 2.75) is 0 Å². The van der Waals surface area contributed by atoms with E-state index >= 15 is 0 Å². The van der Waals surface area contributed by atoms with Crippen molar-refractivity contribution in [2.24, 2.45) is 0 Å². The van der Waals surface area contributed by atoms with Gasteiger partial charge in [0.1, 0.15) is 5.75 Å². The zero-order valence-corrected chi connectivity index (χ0v) is 12.6. The van der Waals surface area contributed by atoms with Crippen LogP contribution in [0.2, 0.25) is 0 Å². The number of aromatic nitrogens is 1. The van der Waals surface area contributed by atoms with Crippen LogP contribution in [0.15, 0.2) is 24.4 Å². The van der Waals surface area contributed by atoms with Gasteiger partial charge in [-0.25, -0.2) is 9.59 Å². The van der Waals surface area contributed by atoms with E-state index in [0.717, 1.165) is 11.3 Å². The van der Waals surface area contributed by atoms with E-state index in [9.17, 15) is 14.7 Å². The maximum Gasteiger partial charge on any atom is 0.351 e. The van der Waals surface area contributed by atoms with Gasteiger partial charge in [-0.1, -0.05) is 12.1 Å². The average Bonchev–Trinajstić information content (AvgIpc) is 2.90. The Morgan fingerprint density at radius 1 is 1.14 bits per heavy atom. The molecule has 0 amide bonds. The molecule has 1 aromatic carbocycles. The van der Waals surface area contributed by atoms with Gasteiger partial charge in [-0.3, -0.25) is 4.98 Å². The summed E-state index contributed by atoms with van der Waals surface area (Å²) in [4.78, 5) is 27.8. The van der Waals surface area contributed by atoms with E-state index in [1.807, 2.05) is 0 Å². The fourth-order valence-electron chi connectivity index (χ4n) is 2.26. The van der Waals surface area contributed by atoms with Crippen molar-refractivity contribution in [1.82, 2.24) is 4.98 Å². The fourth-order valence-corrected chi connectivity index (χ4v) is 3.37. The van der Waals surface area contributed by atoms with Crippen molar-refractivity contribution >= 4 is 44.3 Å². The quantitative estimate of drug-likeness (QED) is 0.731. The molecular formula is C15H11NO5S. The van der Waals surface area contributed by atoms with Gasteiger partial charge in [0.15, 0.2) is 4.88 Å². The first-order valence-electron chi connectivity index (χ1n) is 6.28. The van der Waals surface area contributed by atoms with E-state index in [0.29, 0.717) is 26.6 Å². The first kappa shape index (κ1) is 14.3. The first-order chi connectivity index (χ1) is 10.6. The lowest BCUT2D eigenvalue weighted by molar-refractivity contribution is 0.0594. The van der Waals surface area contributed by atoms with Crippen LogP contribution in [0.25, 0.3) is 21.0 Å². The number of esters is 2. The van der Waals surface area contributed by atoms with Gasteiger partial charge in [0.2, 0.25) is 0 Å². The molecule has 0 aliphatic carbocycles. The normalized spacial score (nSPS) is 10.8. The van der Waals surface area contributed by atoms with Crippen LogP contribution in [0.5, 0.6) is 5.75 Å². The minimum Gasteiger partial charge on any atom is -0.505 e. The second-order valence-corrected chi connectivity index (χ2v) is 5.49. The average molecular weight is 317 g/mol. The Bertz CT molecular complexity index is 915. The number of aromatic hydroxyl groups is 1. The predicted molar refractivity (Wildman–Crippen MR) is 81.5 cm³/mol. The van der Waals surface area contributed by atoms with Crippen molar-refractivity contribution in [3.05, 3.63) is 34.8 Å². The Labute approximate surface area is 128 Å².